The molecule has 0 saturated heterocycles. The number of hydrogen-bond donors (Lipinski definition) is 1. The molecule has 0 bridgehead atoms. The maximum Gasteiger partial charge on any atom is 0.195 e. The van der Waals surface area contributed by atoms with Gasteiger partial charge in [-0.05, 0) is 32.0 Å². The van der Waals surface area contributed by atoms with Gasteiger partial charge < -0.3 is 0 Å². The number of H-pyrrole nitrogens is 1. The highest BCUT2D eigenvalue weighted by molar-refractivity contribution is 7.71. The second-order valence-electron chi connectivity index (χ2n) is 5.03. The van der Waals surface area contributed by atoms with Crippen molar-refractivity contribution >= 4 is 12.2 Å². The first kappa shape index (κ1) is 13.0. The minimum Gasteiger partial charge on any atom is -0.300 e. The van der Waals surface area contributed by atoms with Gasteiger partial charge in [0.2, 0.25) is 0 Å². The summed E-state index contributed by atoms with van der Waals surface area (Å²) in [5.74, 6) is 1.40. The van der Waals surface area contributed by atoms with Gasteiger partial charge in [0.25, 0.3) is 0 Å². The fraction of sp³-hybridized carbons (Fsp3) is 0.583. The molecule has 0 aliphatic carbocycles. The molecule has 0 saturated carbocycles. The average Bonchev–Trinajstić information content (AvgIpc) is 2.71. The predicted molar refractivity (Wildman–Crippen MR) is 73.9 cm³/mol. The maximum absolute atomic E-state index is 5.30. The maximum atomic E-state index is 5.30. The van der Waals surface area contributed by atoms with Crippen LogP contribution in [0.5, 0.6) is 0 Å². The van der Waals surface area contributed by atoms with Crippen molar-refractivity contribution in [3.05, 3.63) is 16.2 Å². The summed E-state index contributed by atoms with van der Waals surface area (Å²) in [5.41, 5.74) is 3.16. The van der Waals surface area contributed by atoms with E-state index in [4.69, 9.17) is 12.2 Å². The van der Waals surface area contributed by atoms with Crippen molar-refractivity contribution < 1.29 is 0 Å². The van der Waals surface area contributed by atoms with Gasteiger partial charge in [0.15, 0.2) is 10.6 Å². The van der Waals surface area contributed by atoms with Crippen molar-refractivity contribution in [2.45, 2.75) is 34.2 Å². The van der Waals surface area contributed by atoms with E-state index in [-0.39, 0.29) is 0 Å². The highest BCUT2D eigenvalue weighted by Gasteiger charge is 2.18. The summed E-state index contributed by atoms with van der Waals surface area (Å²) in [7, 11) is 1.94. The van der Waals surface area contributed by atoms with Crippen LogP contribution in [0.15, 0.2) is 0 Å². The van der Waals surface area contributed by atoms with Gasteiger partial charge in [0.05, 0.1) is 11.3 Å². The van der Waals surface area contributed by atoms with Crippen LogP contribution in [0.2, 0.25) is 0 Å². The van der Waals surface area contributed by atoms with Gasteiger partial charge in [-0.3, -0.25) is 14.3 Å². The Labute approximate surface area is 112 Å². The molecule has 0 unspecified atom stereocenters. The average molecular weight is 265 g/mol. The zero-order valence-electron chi connectivity index (χ0n) is 11.5. The molecule has 18 heavy (non-hydrogen) atoms. The van der Waals surface area contributed by atoms with Gasteiger partial charge >= 0.3 is 0 Å². The smallest absolute Gasteiger partial charge is 0.195 e. The lowest BCUT2D eigenvalue weighted by Gasteiger charge is -2.09. The zero-order valence-corrected chi connectivity index (χ0v) is 12.3. The van der Waals surface area contributed by atoms with E-state index in [1.807, 2.05) is 25.6 Å². The zero-order chi connectivity index (χ0) is 13.4. The molecule has 2 heterocycles. The van der Waals surface area contributed by atoms with Crippen LogP contribution in [0, 0.1) is 24.5 Å². The number of aromatic nitrogens is 5. The summed E-state index contributed by atoms with van der Waals surface area (Å²) >= 11 is 5.30. The second kappa shape index (κ2) is 4.68. The van der Waals surface area contributed by atoms with E-state index in [1.54, 1.807) is 0 Å². The van der Waals surface area contributed by atoms with Crippen molar-refractivity contribution in [2.24, 2.45) is 13.0 Å². The lowest BCUT2D eigenvalue weighted by Crippen LogP contribution is -2.07. The third-order valence-electron chi connectivity index (χ3n) is 3.04. The monoisotopic (exact) mass is 265 g/mol. The minimum absolute atomic E-state index is 0.519. The van der Waals surface area contributed by atoms with Crippen molar-refractivity contribution in [3.8, 4) is 11.4 Å². The van der Waals surface area contributed by atoms with Crippen molar-refractivity contribution in [3.63, 3.8) is 0 Å². The lowest BCUT2D eigenvalue weighted by molar-refractivity contribution is 0.521. The Bertz CT molecular complexity index is 617. The Hall–Kier alpha value is -1.43. The summed E-state index contributed by atoms with van der Waals surface area (Å²) in [6, 6.07) is 0. The fourth-order valence-corrected chi connectivity index (χ4v) is 2.35. The SMILES string of the molecule is Cc1nn(C)c(C)c1-c1n[nH]c(=S)n1CC(C)C. The highest BCUT2D eigenvalue weighted by Crippen LogP contribution is 2.25. The number of rotatable bonds is 3. The van der Waals surface area contributed by atoms with Crippen LogP contribution >= 0.6 is 12.2 Å². The number of aromatic amines is 1. The molecule has 5 nitrogen and oxygen atoms in total. The molecule has 2 aromatic rings. The van der Waals surface area contributed by atoms with E-state index in [9.17, 15) is 0 Å². The molecule has 6 heteroatoms. The van der Waals surface area contributed by atoms with Crippen molar-refractivity contribution in [1.82, 2.24) is 24.5 Å². The molecule has 2 aromatic heterocycles. The molecular weight excluding hydrogens is 246 g/mol. The Kier molecular flexibility index (Phi) is 3.38. The summed E-state index contributed by atoms with van der Waals surface area (Å²) in [6.45, 7) is 9.24. The summed E-state index contributed by atoms with van der Waals surface area (Å²) in [5, 5.41) is 11.7. The molecule has 0 radical (unpaired) electrons. The van der Waals surface area contributed by atoms with E-state index < -0.39 is 0 Å². The summed E-state index contributed by atoms with van der Waals surface area (Å²) < 4.78 is 4.60. The van der Waals surface area contributed by atoms with Crippen molar-refractivity contribution in [2.75, 3.05) is 0 Å². The Morgan fingerprint density at radius 2 is 2.00 bits per heavy atom. The molecule has 1 N–H and O–H groups in total. The van der Waals surface area contributed by atoms with Crippen molar-refractivity contribution in [1.29, 1.82) is 0 Å². The highest BCUT2D eigenvalue weighted by atomic mass is 32.1. The lowest BCUT2D eigenvalue weighted by atomic mass is 10.1. The molecule has 0 fully saturated rings. The van der Waals surface area contributed by atoms with Crippen LogP contribution < -0.4 is 0 Å². The van der Waals surface area contributed by atoms with Crippen LogP contribution in [0.3, 0.4) is 0 Å². The third kappa shape index (κ3) is 2.12. The molecule has 0 aromatic carbocycles. The molecule has 98 valence electrons. The largest absolute Gasteiger partial charge is 0.300 e. The van der Waals surface area contributed by atoms with E-state index >= 15 is 0 Å². The normalized spacial score (nSPS) is 11.4. The standard InChI is InChI=1S/C12H19N5S/c1-7(2)6-17-11(13-14-12(17)18)10-8(3)15-16(5)9(10)4/h7H,6H2,1-5H3,(H,14,18). The van der Waals surface area contributed by atoms with E-state index in [0.717, 1.165) is 29.3 Å². The van der Waals surface area contributed by atoms with Crippen LogP contribution in [-0.4, -0.2) is 24.5 Å². The van der Waals surface area contributed by atoms with Gasteiger partial charge in [-0.1, -0.05) is 13.8 Å². The summed E-state index contributed by atoms with van der Waals surface area (Å²) in [4.78, 5) is 0. The topological polar surface area (TPSA) is 51.4 Å². The molecule has 2 rings (SSSR count). The molecular formula is C12H19N5S. The van der Waals surface area contributed by atoms with E-state index in [1.165, 1.54) is 0 Å². The number of nitrogens with one attached hydrogen (secondary N) is 1. The van der Waals surface area contributed by atoms with Gasteiger partial charge in [0, 0.05) is 19.3 Å². The quantitative estimate of drug-likeness (QED) is 0.868. The molecule has 0 aliphatic rings. The molecule has 0 amide bonds. The van der Waals surface area contributed by atoms with E-state index in [0.29, 0.717) is 10.7 Å². The van der Waals surface area contributed by atoms with E-state index in [2.05, 4.69) is 33.7 Å². The van der Waals surface area contributed by atoms with Crippen LogP contribution in [0.4, 0.5) is 0 Å². The number of nitrogens with zero attached hydrogens (tertiary/aromatic N) is 4. The van der Waals surface area contributed by atoms with Gasteiger partial charge in [0.1, 0.15) is 0 Å². The minimum atomic E-state index is 0.519. The second-order valence-corrected chi connectivity index (χ2v) is 5.41. The molecule has 0 spiro atoms. The number of aryl methyl sites for hydroxylation is 2. The number of hydrogen-bond acceptors (Lipinski definition) is 3. The van der Waals surface area contributed by atoms with Crippen LogP contribution in [-0.2, 0) is 13.6 Å². The first-order chi connectivity index (χ1) is 8.41. The fourth-order valence-electron chi connectivity index (χ4n) is 2.14. The first-order valence-electron chi connectivity index (χ1n) is 6.07. The first-order valence-corrected chi connectivity index (χ1v) is 6.48. The van der Waals surface area contributed by atoms with Crippen LogP contribution in [0.1, 0.15) is 25.2 Å². The molecule has 0 aliphatic heterocycles. The molecule has 0 atom stereocenters. The van der Waals surface area contributed by atoms with Gasteiger partial charge in [-0.2, -0.15) is 10.2 Å². The van der Waals surface area contributed by atoms with Gasteiger partial charge in [-0.25, -0.2) is 0 Å². The third-order valence-corrected chi connectivity index (χ3v) is 3.35. The van der Waals surface area contributed by atoms with Crippen LogP contribution in [0.25, 0.3) is 11.4 Å². The Balaban J connectivity index is 2.61. The Morgan fingerprint density at radius 1 is 1.33 bits per heavy atom. The summed E-state index contributed by atoms with van der Waals surface area (Å²) in [6.07, 6.45) is 0. The van der Waals surface area contributed by atoms with Gasteiger partial charge in [-0.15, -0.1) is 0 Å². The Morgan fingerprint density at radius 3 is 2.50 bits per heavy atom. The predicted octanol–water partition coefficient (Wildman–Crippen LogP) is 2.61.